The fourth-order valence-corrected chi connectivity index (χ4v) is 5.08. The molecule has 0 aliphatic rings. The maximum absolute atomic E-state index is 13.3. The van der Waals surface area contributed by atoms with Gasteiger partial charge in [-0.05, 0) is 49.9 Å². The van der Waals surface area contributed by atoms with Gasteiger partial charge in [-0.15, -0.1) is 11.3 Å². The zero-order chi connectivity index (χ0) is 24.6. The number of hydrogen-bond donors (Lipinski definition) is 2. The van der Waals surface area contributed by atoms with Crippen molar-refractivity contribution in [2.24, 2.45) is 0 Å². The molecule has 2 N–H and O–H groups in total. The Morgan fingerprint density at radius 3 is 1.94 bits per heavy atom. The van der Waals surface area contributed by atoms with E-state index in [1.54, 1.807) is 45.9 Å². The Bertz CT molecular complexity index is 1360. The highest BCUT2D eigenvalue weighted by molar-refractivity contribution is 7.24. The third kappa shape index (κ3) is 4.16. The maximum Gasteiger partial charge on any atom is 0.235 e. The van der Waals surface area contributed by atoms with E-state index < -0.39 is 33.6 Å². The number of benzene rings is 2. The second kappa shape index (κ2) is 9.25. The Morgan fingerprint density at radius 1 is 0.788 bits per heavy atom. The highest BCUT2D eigenvalue weighted by Crippen LogP contribution is 2.29. The molecular formula is C26H28O6S. The lowest BCUT2D eigenvalue weighted by atomic mass is 9.86. The van der Waals surface area contributed by atoms with Gasteiger partial charge in [-0.25, -0.2) is 0 Å². The Balaban J connectivity index is 2.37. The van der Waals surface area contributed by atoms with E-state index in [0.717, 1.165) is 11.3 Å². The number of hydrogen-bond acceptors (Lipinski definition) is 7. The number of carbonyl (C=O) groups is 2. The average Bonchev–Trinajstić information content (AvgIpc) is 2.95. The normalized spacial score (nSPS) is 12.3. The van der Waals surface area contributed by atoms with Crippen LogP contribution in [0.2, 0.25) is 0 Å². The molecule has 0 aliphatic heterocycles. The minimum atomic E-state index is -1.63. The molecule has 1 heterocycles. The van der Waals surface area contributed by atoms with Crippen LogP contribution in [0.3, 0.4) is 0 Å². The van der Waals surface area contributed by atoms with Gasteiger partial charge in [-0.1, -0.05) is 39.8 Å². The lowest BCUT2D eigenvalue weighted by Gasteiger charge is -2.23. The van der Waals surface area contributed by atoms with Crippen LogP contribution in [0.4, 0.5) is 0 Å². The number of rotatable bonds is 8. The second-order valence-electron chi connectivity index (χ2n) is 8.29. The quantitative estimate of drug-likeness (QED) is 0.378. The van der Waals surface area contributed by atoms with E-state index in [2.05, 4.69) is 0 Å². The summed E-state index contributed by atoms with van der Waals surface area (Å²) in [5.74, 6) is -1.10. The zero-order valence-electron chi connectivity index (χ0n) is 19.2. The monoisotopic (exact) mass is 468 g/mol. The Kier molecular flexibility index (Phi) is 6.98. The van der Waals surface area contributed by atoms with Crippen LogP contribution >= 0.6 is 11.3 Å². The summed E-state index contributed by atoms with van der Waals surface area (Å²) in [6, 6.07) is 9.20. The van der Waals surface area contributed by atoms with Gasteiger partial charge in [0.1, 0.15) is 11.2 Å². The van der Waals surface area contributed by atoms with E-state index in [0.29, 0.717) is 9.40 Å². The number of Topliss-reactive ketones (excluding diaryl/α,β-unsaturated/α-hetero) is 2. The number of aliphatic hydroxyl groups is 2. The van der Waals surface area contributed by atoms with Gasteiger partial charge in [0.05, 0.1) is 5.39 Å². The van der Waals surface area contributed by atoms with Crippen LogP contribution in [-0.2, 0) is 0 Å². The fraction of sp³-hybridized carbons (Fsp3) is 0.385. The van der Waals surface area contributed by atoms with Crippen LogP contribution in [0.1, 0.15) is 74.1 Å². The lowest BCUT2D eigenvalue weighted by Crippen LogP contribution is -2.38. The van der Waals surface area contributed by atoms with Gasteiger partial charge in [-0.3, -0.25) is 19.2 Å². The summed E-state index contributed by atoms with van der Waals surface area (Å²) in [5, 5.41) is 21.4. The third-order valence-electron chi connectivity index (χ3n) is 6.60. The lowest BCUT2D eigenvalue weighted by molar-refractivity contribution is 0.0278. The summed E-state index contributed by atoms with van der Waals surface area (Å²) in [4.78, 5) is 52.6. The maximum atomic E-state index is 13.3. The Hall–Kier alpha value is -2.74. The first-order valence-corrected chi connectivity index (χ1v) is 12.0. The summed E-state index contributed by atoms with van der Waals surface area (Å²) < 4.78 is 0.913. The minimum absolute atomic E-state index is 0.0139. The van der Waals surface area contributed by atoms with Crippen molar-refractivity contribution in [3.05, 3.63) is 68.0 Å². The summed E-state index contributed by atoms with van der Waals surface area (Å²) in [5.41, 5.74) is -4.71. The predicted octanol–water partition coefficient (Wildman–Crippen LogP) is 4.24. The topological polar surface area (TPSA) is 109 Å². The molecule has 0 saturated carbocycles. The van der Waals surface area contributed by atoms with E-state index in [4.69, 9.17) is 0 Å². The van der Waals surface area contributed by atoms with Crippen LogP contribution in [-0.4, -0.2) is 33.0 Å². The fourth-order valence-electron chi connectivity index (χ4n) is 3.99. The molecule has 7 heteroatoms. The molecule has 2 aromatic carbocycles. The highest BCUT2D eigenvalue weighted by atomic mass is 32.1. The largest absolute Gasteiger partial charge is 0.382 e. The van der Waals surface area contributed by atoms with E-state index in [1.165, 1.54) is 18.2 Å². The first-order chi connectivity index (χ1) is 15.6. The highest BCUT2D eigenvalue weighted by Gasteiger charge is 2.35. The Labute approximate surface area is 195 Å². The second-order valence-corrected chi connectivity index (χ2v) is 9.37. The summed E-state index contributed by atoms with van der Waals surface area (Å²) in [6.07, 6.45) is 0.779. The molecule has 0 amide bonds. The molecule has 0 radical (unpaired) electrons. The van der Waals surface area contributed by atoms with Crippen molar-refractivity contribution in [1.29, 1.82) is 0 Å². The first-order valence-electron chi connectivity index (χ1n) is 11.1. The van der Waals surface area contributed by atoms with Gasteiger partial charge in [0, 0.05) is 25.9 Å². The average molecular weight is 469 g/mol. The van der Waals surface area contributed by atoms with E-state index in [1.807, 2.05) is 0 Å². The summed E-state index contributed by atoms with van der Waals surface area (Å²) in [7, 11) is 0. The summed E-state index contributed by atoms with van der Waals surface area (Å²) in [6.45, 7) is 6.79. The van der Waals surface area contributed by atoms with Crippen LogP contribution in [0.25, 0.3) is 20.2 Å². The van der Waals surface area contributed by atoms with Crippen molar-refractivity contribution < 1.29 is 19.8 Å². The molecule has 0 bridgehead atoms. The van der Waals surface area contributed by atoms with E-state index in [9.17, 15) is 29.4 Å². The standard InChI is InChI=1S/C26H28O6S/c1-5-25(31,6-2)23(29)15-12-13-18-17(14-15)21(27)22(28)20-16(10-9-11-19(20)33-18)24(30)26(32,7-3)8-4/h9-14,31-32H,5-8H2,1-4H3. The van der Waals surface area contributed by atoms with Gasteiger partial charge >= 0.3 is 0 Å². The van der Waals surface area contributed by atoms with Gasteiger partial charge in [0.2, 0.25) is 10.9 Å². The molecule has 3 rings (SSSR count). The minimum Gasteiger partial charge on any atom is -0.382 e. The van der Waals surface area contributed by atoms with Crippen LogP contribution in [0, 0.1) is 0 Å². The molecule has 0 unspecified atom stereocenters. The third-order valence-corrected chi connectivity index (χ3v) is 7.73. The van der Waals surface area contributed by atoms with Gasteiger partial charge in [-0.2, -0.15) is 0 Å². The van der Waals surface area contributed by atoms with Crippen molar-refractivity contribution in [3.8, 4) is 0 Å². The van der Waals surface area contributed by atoms with Gasteiger partial charge in [0.15, 0.2) is 11.6 Å². The van der Waals surface area contributed by atoms with Crippen molar-refractivity contribution in [2.45, 2.75) is 64.6 Å². The predicted molar refractivity (Wildman–Crippen MR) is 132 cm³/mol. The molecule has 1 aromatic heterocycles. The van der Waals surface area contributed by atoms with E-state index in [-0.39, 0.29) is 47.6 Å². The van der Waals surface area contributed by atoms with Crippen molar-refractivity contribution in [1.82, 2.24) is 0 Å². The molecule has 0 atom stereocenters. The zero-order valence-corrected chi connectivity index (χ0v) is 20.0. The molecule has 33 heavy (non-hydrogen) atoms. The van der Waals surface area contributed by atoms with Crippen molar-refractivity contribution >= 4 is 43.1 Å². The first kappa shape index (κ1) is 24.9. The van der Waals surface area contributed by atoms with Crippen LogP contribution < -0.4 is 10.9 Å². The molecule has 0 fully saturated rings. The Morgan fingerprint density at radius 2 is 1.36 bits per heavy atom. The van der Waals surface area contributed by atoms with Crippen LogP contribution in [0.5, 0.6) is 0 Å². The van der Waals surface area contributed by atoms with Crippen molar-refractivity contribution in [2.75, 3.05) is 0 Å². The van der Waals surface area contributed by atoms with Crippen molar-refractivity contribution in [3.63, 3.8) is 0 Å². The van der Waals surface area contributed by atoms with Crippen LogP contribution in [0.15, 0.2) is 46.0 Å². The smallest absolute Gasteiger partial charge is 0.235 e. The molecule has 0 spiro atoms. The summed E-state index contributed by atoms with van der Waals surface area (Å²) >= 11 is 1.16. The molecule has 0 aliphatic carbocycles. The molecule has 6 nitrogen and oxygen atoms in total. The number of ketones is 2. The molecule has 3 aromatic rings. The van der Waals surface area contributed by atoms with Gasteiger partial charge in [0.25, 0.3) is 0 Å². The molecular weight excluding hydrogens is 440 g/mol. The number of fused-ring (bicyclic) bond motifs is 2. The molecule has 174 valence electrons. The number of carbonyl (C=O) groups excluding carboxylic acids is 2. The van der Waals surface area contributed by atoms with E-state index >= 15 is 0 Å². The van der Waals surface area contributed by atoms with Gasteiger partial charge < -0.3 is 10.2 Å². The molecule has 0 saturated heterocycles. The SMILES string of the molecule is CCC(O)(CC)C(=O)c1ccc2sc3cccc(C(=O)C(O)(CC)CC)c3c(=O)c(=O)c2c1.